The lowest BCUT2D eigenvalue weighted by atomic mass is 9.79. The Labute approximate surface area is 215 Å². The van der Waals surface area contributed by atoms with Crippen LogP contribution in [0.15, 0.2) is 52.9 Å². The van der Waals surface area contributed by atoms with Crippen molar-refractivity contribution in [3.05, 3.63) is 76.9 Å². The van der Waals surface area contributed by atoms with Crippen LogP contribution in [0.25, 0.3) is 11.5 Å². The molecule has 0 bridgehead atoms. The second kappa shape index (κ2) is 9.65. The van der Waals surface area contributed by atoms with E-state index in [9.17, 15) is 18.7 Å². The van der Waals surface area contributed by atoms with Gasteiger partial charge < -0.3 is 19.7 Å². The molecule has 0 radical (unpaired) electrons. The van der Waals surface area contributed by atoms with Gasteiger partial charge in [0.25, 0.3) is 5.91 Å². The number of oxazole rings is 1. The van der Waals surface area contributed by atoms with E-state index in [-0.39, 0.29) is 19.0 Å². The van der Waals surface area contributed by atoms with Crippen LogP contribution >= 0.6 is 0 Å². The highest BCUT2D eigenvalue weighted by molar-refractivity contribution is 5.83. The second-order valence-corrected chi connectivity index (χ2v) is 11.3. The molecule has 2 aliphatic heterocycles. The van der Waals surface area contributed by atoms with Gasteiger partial charge >= 0.3 is 0 Å². The number of carbonyl (C=O) groups is 1. The average molecular weight is 510 g/mol. The maximum atomic E-state index is 14.8. The summed E-state index contributed by atoms with van der Waals surface area (Å²) >= 11 is 0. The van der Waals surface area contributed by atoms with Gasteiger partial charge in [0.1, 0.15) is 29.5 Å². The number of benzene rings is 2. The van der Waals surface area contributed by atoms with E-state index in [0.717, 1.165) is 11.1 Å². The number of nitrogens with one attached hydrogen (secondary N) is 1. The van der Waals surface area contributed by atoms with Crippen molar-refractivity contribution >= 4 is 5.91 Å². The van der Waals surface area contributed by atoms with E-state index >= 15 is 0 Å². The van der Waals surface area contributed by atoms with E-state index in [4.69, 9.17) is 9.40 Å². The molecule has 2 saturated heterocycles. The summed E-state index contributed by atoms with van der Waals surface area (Å²) in [5, 5.41) is 13.8. The molecular weight excluding hydrogens is 476 g/mol. The van der Waals surface area contributed by atoms with Crippen molar-refractivity contribution in [1.82, 2.24) is 15.2 Å². The largest absolute Gasteiger partial charge is 0.440 e. The molecule has 6 nitrogen and oxygen atoms in total. The fourth-order valence-electron chi connectivity index (χ4n) is 5.67. The Morgan fingerprint density at radius 1 is 1.22 bits per heavy atom. The third-order valence-electron chi connectivity index (χ3n) is 7.51. The Bertz CT molecular complexity index is 1290. The zero-order chi connectivity index (χ0) is 26.5. The van der Waals surface area contributed by atoms with Crippen molar-refractivity contribution in [3.63, 3.8) is 0 Å². The van der Waals surface area contributed by atoms with Crippen molar-refractivity contribution in [3.8, 4) is 11.5 Å². The number of aryl methyl sites for hydroxylation is 1. The molecule has 5 atom stereocenters. The number of nitrogens with zero attached hydrogens (tertiary/aromatic N) is 2. The Balaban J connectivity index is 1.64. The highest BCUT2D eigenvalue weighted by Gasteiger charge is 2.52. The van der Waals surface area contributed by atoms with Gasteiger partial charge in [0.15, 0.2) is 0 Å². The number of carbonyl (C=O) groups excluding carboxylic acids is 1. The van der Waals surface area contributed by atoms with Crippen molar-refractivity contribution in [1.29, 1.82) is 0 Å². The lowest BCUT2D eigenvalue weighted by Crippen LogP contribution is -2.60. The number of fused-ring (bicyclic) bond motifs is 1. The molecule has 1 amide bonds. The lowest BCUT2D eigenvalue weighted by molar-refractivity contribution is -0.155. The first-order valence-electron chi connectivity index (χ1n) is 12.7. The zero-order valence-electron chi connectivity index (χ0n) is 21.5. The molecule has 1 aromatic heterocycles. The van der Waals surface area contributed by atoms with Gasteiger partial charge in [-0.2, -0.15) is 0 Å². The predicted octanol–water partition coefficient (Wildman–Crippen LogP) is 4.60. The average Bonchev–Trinajstić information content (AvgIpc) is 3.42. The van der Waals surface area contributed by atoms with Crippen molar-refractivity contribution in [2.45, 2.75) is 58.5 Å². The molecule has 37 heavy (non-hydrogen) atoms. The SMILES string of the molecule is Cc1ccc(F)cc1-c1nc([C@H](N2C[C@@H]3C(NC[C@@H]3F)[C@H](O)C2=O)C(C)(C)C)c(Cc2ccccc2)o1. The van der Waals surface area contributed by atoms with Crippen LogP contribution in [0.2, 0.25) is 0 Å². The van der Waals surface area contributed by atoms with Gasteiger partial charge in [-0.1, -0.05) is 57.2 Å². The molecule has 5 rings (SSSR count). The summed E-state index contributed by atoms with van der Waals surface area (Å²) in [7, 11) is 0. The highest BCUT2D eigenvalue weighted by Crippen LogP contribution is 2.44. The Hall–Kier alpha value is -3.10. The van der Waals surface area contributed by atoms with E-state index in [2.05, 4.69) is 5.32 Å². The fraction of sp³-hybridized carbons (Fsp3) is 0.448. The summed E-state index contributed by atoms with van der Waals surface area (Å²) < 4.78 is 35.3. The van der Waals surface area contributed by atoms with E-state index < -0.39 is 47.4 Å². The van der Waals surface area contributed by atoms with Gasteiger partial charge in [0.05, 0.1) is 6.04 Å². The van der Waals surface area contributed by atoms with Gasteiger partial charge in [-0.25, -0.2) is 13.8 Å². The summed E-state index contributed by atoms with van der Waals surface area (Å²) in [6, 6.07) is 13.0. The minimum absolute atomic E-state index is 0.111. The number of aliphatic hydroxyl groups is 1. The smallest absolute Gasteiger partial charge is 0.253 e. The molecule has 2 fully saturated rings. The zero-order valence-corrected chi connectivity index (χ0v) is 21.5. The first-order valence-corrected chi connectivity index (χ1v) is 12.7. The number of rotatable bonds is 5. The third-order valence-corrected chi connectivity index (χ3v) is 7.51. The molecule has 0 spiro atoms. The lowest BCUT2D eigenvalue weighted by Gasteiger charge is -2.46. The first kappa shape index (κ1) is 25.5. The number of halogens is 2. The minimum atomic E-state index is -1.35. The second-order valence-electron chi connectivity index (χ2n) is 11.3. The molecule has 3 heterocycles. The summed E-state index contributed by atoms with van der Waals surface area (Å²) in [6.07, 6.45) is -2.10. The fourth-order valence-corrected chi connectivity index (χ4v) is 5.67. The number of aliphatic hydroxyl groups excluding tert-OH is 1. The number of piperidine rings is 1. The molecule has 8 heteroatoms. The maximum Gasteiger partial charge on any atom is 0.253 e. The normalized spacial score (nSPS) is 24.8. The molecule has 2 N–H and O–H groups in total. The van der Waals surface area contributed by atoms with Crippen LogP contribution in [0.1, 0.15) is 49.4 Å². The molecule has 196 valence electrons. The number of hydrogen-bond donors (Lipinski definition) is 2. The molecule has 3 aromatic rings. The number of hydrogen-bond acceptors (Lipinski definition) is 5. The first-order chi connectivity index (χ1) is 17.5. The maximum absolute atomic E-state index is 14.8. The quantitative estimate of drug-likeness (QED) is 0.526. The topological polar surface area (TPSA) is 78.6 Å². The molecule has 0 saturated carbocycles. The Kier molecular flexibility index (Phi) is 6.66. The molecular formula is C29H33F2N3O3. The minimum Gasteiger partial charge on any atom is -0.440 e. The van der Waals surface area contributed by atoms with Crippen molar-refractivity contribution < 1.29 is 23.1 Å². The summed E-state index contributed by atoms with van der Waals surface area (Å²) in [5.41, 5.74) is 2.33. The summed E-state index contributed by atoms with van der Waals surface area (Å²) in [6.45, 7) is 8.07. The van der Waals surface area contributed by atoms with Crippen molar-refractivity contribution in [2.75, 3.05) is 13.1 Å². The summed E-state index contributed by atoms with van der Waals surface area (Å²) in [5.74, 6) is -0.566. The van der Waals surface area contributed by atoms with Crippen LogP contribution in [0, 0.1) is 24.1 Å². The van der Waals surface area contributed by atoms with E-state index in [1.54, 1.807) is 11.0 Å². The number of aromatic nitrogens is 1. The molecule has 2 aromatic carbocycles. The predicted molar refractivity (Wildman–Crippen MR) is 136 cm³/mol. The van der Waals surface area contributed by atoms with Gasteiger partial charge in [-0.3, -0.25) is 4.79 Å². The number of amides is 1. The Morgan fingerprint density at radius 3 is 2.65 bits per heavy atom. The number of likely N-dealkylation sites (tertiary alicyclic amines) is 1. The van der Waals surface area contributed by atoms with Crippen LogP contribution < -0.4 is 5.32 Å². The van der Waals surface area contributed by atoms with E-state index in [0.29, 0.717) is 23.4 Å². The van der Waals surface area contributed by atoms with Crippen LogP contribution in [0.5, 0.6) is 0 Å². The molecule has 2 aliphatic rings. The van der Waals surface area contributed by atoms with Gasteiger partial charge in [-0.05, 0) is 35.6 Å². The van der Waals surface area contributed by atoms with Crippen LogP contribution in [-0.2, 0) is 11.2 Å². The molecule has 0 aliphatic carbocycles. The molecule has 1 unspecified atom stereocenters. The Morgan fingerprint density at radius 2 is 1.95 bits per heavy atom. The summed E-state index contributed by atoms with van der Waals surface area (Å²) in [4.78, 5) is 19.9. The van der Waals surface area contributed by atoms with Crippen LogP contribution in [-0.4, -0.2) is 52.3 Å². The third kappa shape index (κ3) is 4.80. The van der Waals surface area contributed by atoms with E-state index in [1.165, 1.54) is 12.1 Å². The van der Waals surface area contributed by atoms with Gasteiger partial charge in [0, 0.05) is 37.0 Å². The van der Waals surface area contributed by atoms with Gasteiger partial charge in [-0.15, -0.1) is 0 Å². The van der Waals surface area contributed by atoms with Crippen LogP contribution in [0.4, 0.5) is 8.78 Å². The van der Waals surface area contributed by atoms with Crippen LogP contribution in [0.3, 0.4) is 0 Å². The number of alkyl halides is 1. The van der Waals surface area contributed by atoms with Crippen molar-refractivity contribution in [2.24, 2.45) is 11.3 Å². The standard InChI is InChI=1S/C29H33F2N3O3/c1-16-10-11-18(30)13-19(16)27-33-24(22(37-27)12-17-8-6-5-7-9-17)26(29(2,3)4)34-15-20-21(31)14-32-23(20)25(35)28(34)36/h5-11,13,20-21,23,25-26,32,35H,12,14-15H2,1-4H3/t20-,21-,23?,25-,26-/m0/s1. The van der Waals surface area contributed by atoms with Gasteiger partial charge in [0.2, 0.25) is 5.89 Å². The highest BCUT2D eigenvalue weighted by atomic mass is 19.1. The van der Waals surface area contributed by atoms with E-state index in [1.807, 2.05) is 58.0 Å². The monoisotopic (exact) mass is 509 g/mol.